The Hall–Kier alpha value is -6.92. The number of nitrogens with zero attached hydrogens (tertiary/aromatic N) is 14. The predicted molar refractivity (Wildman–Crippen MR) is 473 cm³/mol. The number of likely N-dealkylation sites (tertiary alicyclic amines) is 4. The Bertz CT molecular complexity index is 3500. The van der Waals surface area contributed by atoms with Gasteiger partial charge < -0.3 is 39.0 Å². The third-order valence-corrected chi connectivity index (χ3v) is 24.3. The van der Waals surface area contributed by atoms with Crippen LogP contribution in [0.3, 0.4) is 0 Å². The molecule has 15 heteroatoms. The van der Waals surface area contributed by atoms with Gasteiger partial charge in [-0.05, 0) is 265 Å². The lowest BCUT2D eigenvalue weighted by molar-refractivity contribution is 0.130. The molecule has 7 aliphatic heterocycles. The van der Waals surface area contributed by atoms with Gasteiger partial charge in [-0.3, -0.25) is 29.7 Å². The monoisotopic (exact) mass is 1510 g/mol. The number of benzene rings is 5. The first kappa shape index (κ1) is 89.6. The standard InChI is InChI=1S/C15H24N2.C15H23NO.C15H21N.C14H21N.C13H22N4.C13H20N2.C11H17N3/c1-4-14(3)16-9-11-17(12-10-16)15-7-5-13(2)6-8-15;1-13-3-5-14(6-4-13)15-7-9-16(10-8-15)11-12-17-2;1-3-10-16-11-8-15(9-12-16)14-6-4-13(2)5-7-14;1-3-15-10-8-14(9-11-15)13-6-4-12(2)5-7-13;1-11(2)16-5-4-6-17(8-7-16)13-10-14-12(3)9-15-13;1-3-14-8-10-15(11-9-14)13-6-4-12(2)5-7-13;1-9-7-13-11(8-12-9)10-3-5-14(2)6-4-10/h5-8,14H,4,9-12H2,1-3H3;3-6,15H,7-12H2,1-2H3;3-7,15H,1,8-12H2,2H3;4-7,14H,3,8-11H2,1-2H3;9-11H,4-8H2,1-3H3;4-7H,3,8-11H2,1-2H3;7-8,10H,3-6H2,1-2H3. The van der Waals surface area contributed by atoms with Crippen LogP contribution in [0, 0.1) is 48.5 Å². The number of piperazine rings is 2. The van der Waals surface area contributed by atoms with Gasteiger partial charge in [0.1, 0.15) is 5.82 Å². The number of methoxy groups -OCH3 is 1. The molecule has 0 spiro atoms. The molecule has 14 rings (SSSR count). The van der Waals surface area contributed by atoms with Crippen molar-refractivity contribution < 1.29 is 4.74 Å². The van der Waals surface area contributed by atoms with Crippen molar-refractivity contribution in [2.75, 3.05) is 193 Å². The number of aryl methyl sites for hydroxylation is 7. The Morgan fingerprint density at radius 2 is 0.784 bits per heavy atom. The smallest absolute Gasteiger partial charge is 0.147 e. The maximum atomic E-state index is 5.13. The lowest BCUT2D eigenvalue weighted by Gasteiger charge is -2.39. The molecule has 9 heterocycles. The number of aromatic nitrogens is 4. The van der Waals surface area contributed by atoms with Crippen LogP contribution in [0.1, 0.15) is 191 Å². The van der Waals surface area contributed by atoms with Crippen LogP contribution in [0.4, 0.5) is 17.2 Å². The van der Waals surface area contributed by atoms with Gasteiger partial charge in [-0.25, -0.2) is 4.98 Å². The molecule has 5 aromatic carbocycles. The molecule has 1 unspecified atom stereocenters. The molecule has 0 amide bonds. The van der Waals surface area contributed by atoms with Crippen molar-refractivity contribution >= 4 is 17.2 Å². The molecule has 0 bridgehead atoms. The number of hydrogen-bond donors (Lipinski definition) is 0. The van der Waals surface area contributed by atoms with Gasteiger partial charge in [-0.1, -0.05) is 152 Å². The van der Waals surface area contributed by atoms with Crippen molar-refractivity contribution in [2.45, 2.75) is 190 Å². The quantitative estimate of drug-likeness (QED) is 0.0810. The van der Waals surface area contributed by atoms with E-state index in [0.717, 1.165) is 107 Å². The van der Waals surface area contributed by atoms with Gasteiger partial charge in [-0.15, -0.1) is 6.58 Å². The minimum Gasteiger partial charge on any atom is -0.383 e. The van der Waals surface area contributed by atoms with Crippen LogP contribution >= 0.6 is 0 Å². The van der Waals surface area contributed by atoms with E-state index in [1.807, 2.05) is 44.7 Å². The molecule has 1 atom stereocenters. The molecule has 0 aliphatic carbocycles. The summed E-state index contributed by atoms with van der Waals surface area (Å²) in [5.74, 6) is 3.96. The molecule has 7 aromatic rings. The third-order valence-electron chi connectivity index (χ3n) is 24.3. The minimum absolute atomic E-state index is 0.624. The molecule has 608 valence electrons. The molecule has 7 saturated heterocycles. The van der Waals surface area contributed by atoms with E-state index >= 15 is 0 Å². The lowest BCUT2D eigenvalue weighted by atomic mass is 9.89. The summed E-state index contributed by atoms with van der Waals surface area (Å²) < 4.78 is 5.13. The second-order valence-corrected chi connectivity index (χ2v) is 32.9. The SMILES string of the molecule is C=CCN1CCC(c2ccc(C)cc2)CC1.CCC(C)N1CCN(c2ccc(C)cc2)CC1.CCN1CCC(c2ccc(C)cc2)CC1.CCN1CCN(c2ccc(C)cc2)CC1.COCCN1CCC(c2ccc(C)cc2)CC1.Cc1cnc(C2CCN(C)CC2)cn1.Cc1cnc(N2CCCN(C(C)C)CC2)cn1. The summed E-state index contributed by atoms with van der Waals surface area (Å²) in [7, 11) is 3.95. The Morgan fingerprint density at radius 1 is 0.396 bits per heavy atom. The lowest BCUT2D eigenvalue weighted by Crippen LogP contribution is -2.49. The molecular formula is C96H148N14O. The van der Waals surface area contributed by atoms with Crippen molar-refractivity contribution in [3.8, 4) is 0 Å². The maximum absolute atomic E-state index is 5.13. The average molecular weight is 1510 g/mol. The van der Waals surface area contributed by atoms with Gasteiger partial charge in [0.15, 0.2) is 0 Å². The van der Waals surface area contributed by atoms with Gasteiger partial charge in [-0.2, -0.15) is 0 Å². The van der Waals surface area contributed by atoms with Crippen molar-refractivity contribution in [3.63, 3.8) is 0 Å². The first-order chi connectivity index (χ1) is 53.8. The zero-order valence-electron chi connectivity index (χ0n) is 72.0. The number of ether oxygens (including phenoxy) is 1. The molecule has 2 aromatic heterocycles. The summed E-state index contributed by atoms with van der Waals surface area (Å²) in [5, 5.41) is 0. The summed E-state index contributed by atoms with van der Waals surface area (Å²) in [6, 6.07) is 46.3. The van der Waals surface area contributed by atoms with Gasteiger partial charge in [0.2, 0.25) is 0 Å². The number of rotatable bonds is 17. The highest BCUT2D eigenvalue weighted by molar-refractivity contribution is 5.49. The maximum Gasteiger partial charge on any atom is 0.147 e. The van der Waals surface area contributed by atoms with Crippen molar-refractivity contribution in [1.82, 2.24) is 54.2 Å². The van der Waals surface area contributed by atoms with Crippen molar-refractivity contribution in [1.29, 1.82) is 0 Å². The Labute approximate surface area is 675 Å². The van der Waals surface area contributed by atoms with E-state index in [4.69, 9.17) is 4.74 Å². The topological polar surface area (TPSA) is 93.2 Å². The molecule has 0 saturated carbocycles. The largest absolute Gasteiger partial charge is 0.383 e. The molecule has 15 nitrogen and oxygen atoms in total. The molecule has 7 aliphatic rings. The summed E-state index contributed by atoms with van der Waals surface area (Å²) in [4.78, 5) is 42.4. The van der Waals surface area contributed by atoms with Gasteiger partial charge in [0.25, 0.3) is 0 Å². The van der Waals surface area contributed by atoms with E-state index in [1.165, 1.54) is 224 Å². The van der Waals surface area contributed by atoms with E-state index in [-0.39, 0.29) is 0 Å². The normalized spacial score (nSPS) is 18.9. The highest BCUT2D eigenvalue weighted by Crippen LogP contribution is 2.32. The van der Waals surface area contributed by atoms with Gasteiger partial charge >= 0.3 is 0 Å². The Balaban J connectivity index is 0.000000163. The fourth-order valence-electron chi connectivity index (χ4n) is 16.1. The summed E-state index contributed by atoms with van der Waals surface area (Å²) in [5.41, 5.74) is 17.2. The highest BCUT2D eigenvalue weighted by atomic mass is 16.5. The van der Waals surface area contributed by atoms with Crippen LogP contribution in [-0.4, -0.2) is 244 Å². The first-order valence-corrected chi connectivity index (χ1v) is 43.1. The van der Waals surface area contributed by atoms with Crippen LogP contribution in [-0.2, 0) is 4.74 Å². The fourth-order valence-corrected chi connectivity index (χ4v) is 16.1. The summed E-state index contributed by atoms with van der Waals surface area (Å²) in [6.45, 7) is 61.1. The minimum atomic E-state index is 0.624. The molecule has 7 fully saturated rings. The molecule has 0 N–H and O–H groups in total. The van der Waals surface area contributed by atoms with E-state index < -0.39 is 0 Å². The Kier molecular flexibility index (Phi) is 39.6. The second-order valence-electron chi connectivity index (χ2n) is 32.9. The number of anilines is 3. The van der Waals surface area contributed by atoms with Gasteiger partial charge in [0.05, 0.1) is 36.1 Å². The van der Waals surface area contributed by atoms with E-state index in [0.29, 0.717) is 12.0 Å². The van der Waals surface area contributed by atoms with Crippen molar-refractivity contribution in [3.05, 3.63) is 220 Å². The predicted octanol–water partition coefficient (Wildman–Crippen LogP) is 17.7. The van der Waals surface area contributed by atoms with Crippen molar-refractivity contribution in [2.24, 2.45) is 0 Å². The number of likely N-dealkylation sites (N-methyl/N-ethyl adjacent to an activating group) is 1. The summed E-state index contributed by atoms with van der Waals surface area (Å²) in [6.07, 6.45) is 22.2. The first-order valence-electron chi connectivity index (χ1n) is 43.1. The second kappa shape index (κ2) is 49.0. The molecular weight excluding hydrogens is 1370 g/mol. The number of piperidine rings is 4. The van der Waals surface area contributed by atoms with Crippen LogP contribution in [0.2, 0.25) is 0 Å². The van der Waals surface area contributed by atoms with E-state index in [9.17, 15) is 0 Å². The zero-order valence-corrected chi connectivity index (χ0v) is 72.0. The van der Waals surface area contributed by atoms with Crippen LogP contribution < -0.4 is 14.7 Å². The van der Waals surface area contributed by atoms with Crippen LogP contribution in [0.15, 0.2) is 159 Å². The van der Waals surface area contributed by atoms with E-state index in [1.54, 1.807) is 7.11 Å². The number of hydrogen-bond acceptors (Lipinski definition) is 15. The van der Waals surface area contributed by atoms with Gasteiger partial charge in [0, 0.05) is 141 Å². The average Bonchev–Trinajstić information content (AvgIpc) is 1.30. The van der Waals surface area contributed by atoms with Crippen LogP contribution in [0.5, 0.6) is 0 Å². The zero-order chi connectivity index (χ0) is 79.3. The summed E-state index contributed by atoms with van der Waals surface area (Å²) >= 11 is 0. The van der Waals surface area contributed by atoms with Crippen LogP contribution in [0.25, 0.3) is 0 Å². The fraction of sp³-hybridized carbons (Fsp3) is 0.583. The Morgan fingerprint density at radius 3 is 1.18 bits per heavy atom. The molecule has 111 heavy (non-hydrogen) atoms. The highest BCUT2D eigenvalue weighted by Gasteiger charge is 2.26. The molecule has 0 radical (unpaired) electrons. The van der Waals surface area contributed by atoms with E-state index in [2.05, 4.69) is 280 Å². The third kappa shape index (κ3) is 31.4.